The second-order valence-corrected chi connectivity index (χ2v) is 6.77. The second kappa shape index (κ2) is 9.52. The maximum absolute atomic E-state index is 11.1. The van der Waals surface area contributed by atoms with Gasteiger partial charge in [0.25, 0.3) is 0 Å². The third kappa shape index (κ3) is 5.91. The summed E-state index contributed by atoms with van der Waals surface area (Å²) in [6, 6.07) is 15.8. The molecule has 5 heteroatoms. The van der Waals surface area contributed by atoms with Crippen molar-refractivity contribution < 1.29 is 9.53 Å². The summed E-state index contributed by atoms with van der Waals surface area (Å²) >= 11 is 0. The van der Waals surface area contributed by atoms with Crippen LogP contribution in [0.25, 0.3) is 11.3 Å². The number of aromatic nitrogens is 2. The number of amides is 1. The smallest absolute Gasteiger partial charge is 0.217 e. The number of rotatable bonds is 5. The lowest BCUT2D eigenvalue weighted by Gasteiger charge is -2.12. The Morgan fingerprint density at radius 1 is 1.03 bits per heavy atom. The monoisotopic (exact) mass is 385 g/mol. The topological polar surface area (TPSA) is 64.1 Å². The third-order valence-electron chi connectivity index (χ3n) is 4.32. The summed E-state index contributed by atoms with van der Waals surface area (Å²) in [6.07, 6.45) is 4.18. The molecule has 1 unspecified atom stereocenters. The average Bonchev–Trinajstić information content (AvgIpc) is 2.73. The van der Waals surface area contributed by atoms with Gasteiger partial charge < -0.3 is 10.1 Å². The first kappa shape index (κ1) is 20.1. The van der Waals surface area contributed by atoms with Gasteiger partial charge in [0.05, 0.1) is 25.2 Å². The van der Waals surface area contributed by atoms with Crippen LogP contribution in [0.2, 0.25) is 0 Å². The van der Waals surface area contributed by atoms with Crippen molar-refractivity contribution in [2.75, 3.05) is 7.11 Å². The van der Waals surface area contributed by atoms with Crippen molar-refractivity contribution in [2.45, 2.75) is 26.3 Å². The van der Waals surface area contributed by atoms with Crippen LogP contribution < -0.4 is 10.1 Å². The first-order valence-corrected chi connectivity index (χ1v) is 9.38. The van der Waals surface area contributed by atoms with Crippen LogP contribution in [0, 0.1) is 11.8 Å². The average molecular weight is 385 g/mol. The number of benzene rings is 2. The summed E-state index contributed by atoms with van der Waals surface area (Å²) in [5.41, 5.74) is 4.44. The molecule has 0 aliphatic carbocycles. The molecule has 1 atom stereocenters. The molecule has 1 N–H and O–H groups in total. The summed E-state index contributed by atoms with van der Waals surface area (Å²) in [4.78, 5) is 19.9. The molecule has 0 aliphatic heterocycles. The van der Waals surface area contributed by atoms with Crippen molar-refractivity contribution in [2.24, 2.45) is 0 Å². The van der Waals surface area contributed by atoms with Crippen LogP contribution in [0.3, 0.4) is 0 Å². The molecule has 1 heterocycles. The lowest BCUT2D eigenvalue weighted by atomic mass is 10.1. The van der Waals surface area contributed by atoms with Gasteiger partial charge in [-0.2, -0.15) is 0 Å². The van der Waals surface area contributed by atoms with Gasteiger partial charge in [-0.05, 0) is 61.2 Å². The van der Waals surface area contributed by atoms with E-state index < -0.39 is 0 Å². The molecule has 0 fully saturated rings. The van der Waals surface area contributed by atoms with Crippen LogP contribution >= 0.6 is 0 Å². The highest BCUT2D eigenvalue weighted by atomic mass is 16.5. The molecule has 146 valence electrons. The summed E-state index contributed by atoms with van der Waals surface area (Å²) in [7, 11) is 1.64. The van der Waals surface area contributed by atoms with Crippen molar-refractivity contribution in [3.63, 3.8) is 0 Å². The van der Waals surface area contributed by atoms with E-state index in [1.807, 2.05) is 55.5 Å². The van der Waals surface area contributed by atoms with Crippen LogP contribution in [-0.2, 0) is 11.2 Å². The number of carbonyl (C=O) groups is 1. The number of methoxy groups -OCH3 is 1. The van der Waals surface area contributed by atoms with Gasteiger partial charge >= 0.3 is 0 Å². The number of ether oxygens (including phenoxy) is 1. The maximum atomic E-state index is 11.1. The molecular formula is C24H23N3O2. The van der Waals surface area contributed by atoms with Gasteiger partial charge in [0.15, 0.2) is 0 Å². The zero-order chi connectivity index (χ0) is 20.6. The number of hydrogen-bond donors (Lipinski definition) is 1. The van der Waals surface area contributed by atoms with E-state index in [4.69, 9.17) is 4.74 Å². The molecule has 0 aliphatic rings. The Bertz CT molecular complexity index is 1010. The molecule has 3 aromatic rings. The summed E-state index contributed by atoms with van der Waals surface area (Å²) in [5, 5.41) is 2.89. The van der Waals surface area contributed by atoms with E-state index in [0.717, 1.165) is 34.6 Å². The molecule has 5 nitrogen and oxygen atoms in total. The van der Waals surface area contributed by atoms with E-state index in [1.54, 1.807) is 19.5 Å². The zero-order valence-corrected chi connectivity index (χ0v) is 16.8. The fourth-order valence-electron chi connectivity index (χ4n) is 2.92. The molecule has 3 rings (SSSR count). The highest BCUT2D eigenvalue weighted by Gasteiger charge is 2.04. The lowest BCUT2D eigenvalue weighted by molar-refractivity contribution is -0.119. The largest absolute Gasteiger partial charge is 0.497 e. The Morgan fingerprint density at radius 2 is 1.76 bits per heavy atom. The van der Waals surface area contributed by atoms with Gasteiger partial charge in [0.1, 0.15) is 11.4 Å². The van der Waals surface area contributed by atoms with Crippen LogP contribution in [0.5, 0.6) is 5.75 Å². The molecule has 0 saturated heterocycles. The molecule has 2 aromatic carbocycles. The van der Waals surface area contributed by atoms with E-state index >= 15 is 0 Å². The standard InChI is InChI=1S/C24H23N3O2/c1-17(27-18(2)28)14-20-6-4-19(5-7-20)8-11-22-15-26-24(16-25-22)21-9-12-23(29-3)13-10-21/h4-7,9-10,12-13,15-17H,14H2,1-3H3,(H,27,28). The van der Waals surface area contributed by atoms with Gasteiger partial charge in [-0.3, -0.25) is 9.78 Å². The minimum Gasteiger partial charge on any atom is -0.497 e. The minimum atomic E-state index is -0.0147. The van der Waals surface area contributed by atoms with Crippen molar-refractivity contribution in [3.8, 4) is 28.8 Å². The number of nitrogens with one attached hydrogen (secondary N) is 1. The van der Waals surface area contributed by atoms with Crippen molar-refractivity contribution >= 4 is 5.91 Å². The second-order valence-electron chi connectivity index (χ2n) is 6.77. The van der Waals surface area contributed by atoms with Crippen LogP contribution in [-0.4, -0.2) is 29.0 Å². The normalized spacial score (nSPS) is 11.1. The Balaban J connectivity index is 1.64. The van der Waals surface area contributed by atoms with E-state index in [9.17, 15) is 4.79 Å². The predicted octanol–water partition coefficient (Wildman–Crippen LogP) is 3.62. The van der Waals surface area contributed by atoms with Crippen molar-refractivity contribution in [3.05, 3.63) is 77.7 Å². The fourth-order valence-corrected chi connectivity index (χ4v) is 2.92. The number of hydrogen-bond acceptors (Lipinski definition) is 4. The predicted molar refractivity (Wildman–Crippen MR) is 113 cm³/mol. The Morgan fingerprint density at radius 3 is 2.34 bits per heavy atom. The van der Waals surface area contributed by atoms with Crippen LogP contribution in [0.15, 0.2) is 60.9 Å². The summed E-state index contributed by atoms with van der Waals surface area (Å²) in [5.74, 6) is 6.94. The van der Waals surface area contributed by atoms with Crippen LogP contribution in [0.1, 0.15) is 30.7 Å². The summed E-state index contributed by atoms with van der Waals surface area (Å²) in [6.45, 7) is 3.52. The SMILES string of the molecule is COc1ccc(-c2cnc(C#Cc3ccc(CC(C)NC(C)=O)cc3)cn2)cc1. The van der Waals surface area contributed by atoms with Gasteiger partial charge in [0, 0.05) is 24.1 Å². The van der Waals surface area contributed by atoms with Crippen LogP contribution in [0.4, 0.5) is 0 Å². The maximum Gasteiger partial charge on any atom is 0.217 e. The Labute approximate surface area is 171 Å². The zero-order valence-electron chi connectivity index (χ0n) is 16.8. The van der Waals surface area contributed by atoms with E-state index in [2.05, 4.69) is 27.1 Å². The highest BCUT2D eigenvalue weighted by molar-refractivity contribution is 5.73. The summed E-state index contributed by atoms with van der Waals surface area (Å²) < 4.78 is 5.17. The van der Waals surface area contributed by atoms with Gasteiger partial charge in [-0.1, -0.05) is 18.1 Å². The first-order chi connectivity index (χ1) is 14.0. The molecule has 0 spiro atoms. The van der Waals surface area contributed by atoms with Gasteiger partial charge in [-0.15, -0.1) is 0 Å². The number of nitrogens with zero attached hydrogens (tertiary/aromatic N) is 2. The highest BCUT2D eigenvalue weighted by Crippen LogP contribution is 2.19. The lowest BCUT2D eigenvalue weighted by Crippen LogP contribution is -2.31. The van der Waals surface area contributed by atoms with E-state index in [-0.39, 0.29) is 11.9 Å². The van der Waals surface area contributed by atoms with Crippen molar-refractivity contribution in [1.82, 2.24) is 15.3 Å². The first-order valence-electron chi connectivity index (χ1n) is 9.38. The quantitative estimate of drug-likeness (QED) is 0.682. The molecule has 1 aromatic heterocycles. The third-order valence-corrected chi connectivity index (χ3v) is 4.32. The number of carbonyl (C=O) groups excluding carboxylic acids is 1. The van der Waals surface area contributed by atoms with E-state index in [0.29, 0.717) is 5.69 Å². The van der Waals surface area contributed by atoms with E-state index in [1.165, 1.54) is 6.92 Å². The molecular weight excluding hydrogens is 362 g/mol. The minimum absolute atomic E-state index is 0.0147. The Hall–Kier alpha value is -3.65. The molecule has 0 bridgehead atoms. The fraction of sp³-hybridized carbons (Fsp3) is 0.208. The molecule has 1 amide bonds. The van der Waals surface area contributed by atoms with Gasteiger partial charge in [0.2, 0.25) is 5.91 Å². The molecule has 0 saturated carbocycles. The molecule has 29 heavy (non-hydrogen) atoms. The van der Waals surface area contributed by atoms with Crippen molar-refractivity contribution in [1.29, 1.82) is 0 Å². The Kier molecular flexibility index (Phi) is 6.59. The van der Waals surface area contributed by atoms with Gasteiger partial charge in [-0.25, -0.2) is 4.98 Å². The molecule has 0 radical (unpaired) electrons.